The molecule has 0 radical (unpaired) electrons. The van der Waals surface area contributed by atoms with Gasteiger partial charge < -0.3 is 20.3 Å². The molecule has 0 unspecified atom stereocenters. The van der Waals surface area contributed by atoms with Gasteiger partial charge in [-0.05, 0) is 38.1 Å². The van der Waals surface area contributed by atoms with E-state index in [0.717, 1.165) is 25.9 Å². The molecule has 0 saturated carbocycles. The number of benzene rings is 1. The summed E-state index contributed by atoms with van der Waals surface area (Å²) in [5.41, 5.74) is 5.93. The molecule has 3 N–H and O–H groups in total. The first-order valence-corrected chi connectivity index (χ1v) is 8.81. The molecule has 2 heterocycles. The topological polar surface area (TPSA) is 124 Å². The van der Waals surface area contributed by atoms with Crippen LogP contribution in [0.3, 0.4) is 0 Å². The number of methoxy groups -OCH3 is 1. The van der Waals surface area contributed by atoms with Gasteiger partial charge in [-0.15, -0.1) is 0 Å². The van der Waals surface area contributed by atoms with Gasteiger partial charge in [-0.25, -0.2) is 0 Å². The molecule has 1 saturated heterocycles. The van der Waals surface area contributed by atoms with Crippen LogP contribution < -0.4 is 15.8 Å². The van der Waals surface area contributed by atoms with E-state index in [0.29, 0.717) is 29.7 Å². The van der Waals surface area contributed by atoms with Crippen LogP contribution in [-0.4, -0.2) is 47.1 Å². The number of anilines is 1. The number of para-hydroxylation sites is 2. The van der Waals surface area contributed by atoms with E-state index in [1.54, 1.807) is 19.2 Å². The fourth-order valence-corrected chi connectivity index (χ4v) is 3.08. The SMILES string of the molecule is COc1ccccc1NC(=O)Cc1noc(CN2CCC(C(N)=O)CC2)n1. The normalized spacial score (nSPS) is 15.4. The van der Waals surface area contributed by atoms with E-state index in [1.807, 2.05) is 12.1 Å². The molecule has 0 aliphatic carbocycles. The minimum atomic E-state index is -0.255. The predicted octanol–water partition coefficient (Wildman–Crippen LogP) is 0.957. The summed E-state index contributed by atoms with van der Waals surface area (Å²) in [6.45, 7) is 1.99. The van der Waals surface area contributed by atoms with Gasteiger partial charge >= 0.3 is 0 Å². The van der Waals surface area contributed by atoms with Crippen LogP contribution >= 0.6 is 0 Å². The second-order valence-corrected chi connectivity index (χ2v) is 6.48. The molecule has 0 spiro atoms. The van der Waals surface area contributed by atoms with Crippen LogP contribution in [0.1, 0.15) is 24.6 Å². The number of carbonyl (C=O) groups excluding carboxylic acids is 2. The molecule has 1 aromatic heterocycles. The van der Waals surface area contributed by atoms with Crippen molar-refractivity contribution in [3.63, 3.8) is 0 Å². The molecular formula is C18H23N5O4. The maximum Gasteiger partial charge on any atom is 0.240 e. The van der Waals surface area contributed by atoms with Crippen LogP contribution in [0, 0.1) is 5.92 Å². The monoisotopic (exact) mass is 373 g/mol. The Morgan fingerprint density at radius 1 is 1.33 bits per heavy atom. The Bertz CT molecular complexity index is 799. The number of aromatic nitrogens is 2. The summed E-state index contributed by atoms with van der Waals surface area (Å²) >= 11 is 0. The van der Waals surface area contributed by atoms with E-state index >= 15 is 0 Å². The molecule has 1 fully saturated rings. The number of hydrogen-bond acceptors (Lipinski definition) is 7. The molecular weight excluding hydrogens is 350 g/mol. The molecule has 1 aliphatic rings. The van der Waals surface area contributed by atoms with E-state index < -0.39 is 0 Å². The number of ether oxygens (including phenoxy) is 1. The summed E-state index contributed by atoms with van der Waals surface area (Å²) in [6, 6.07) is 7.16. The lowest BCUT2D eigenvalue weighted by Gasteiger charge is -2.29. The third-order valence-corrected chi connectivity index (χ3v) is 4.56. The van der Waals surface area contributed by atoms with Gasteiger partial charge in [0.05, 0.1) is 25.8 Å². The Balaban J connectivity index is 1.50. The first-order valence-electron chi connectivity index (χ1n) is 8.81. The van der Waals surface area contributed by atoms with Crippen LogP contribution in [0.2, 0.25) is 0 Å². The van der Waals surface area contributed by atoms with Crippen molar-refractivity contribution in [2.24, 2.45) is 11.7 Å². The van der Waals surface area contributed by atoms with Crippen molar-refractivity contribution in [1.82, 2.24) is 15.0 Å². The summed E-state index contributed by atoms with van der Waals surface area (Å²) in [5.74, 6) is 0.805. The molecule has 2 aromatic rings. The Kier molecular flexibility index (Phi) is 6.02. The molecule has 2 amide bonds. The van der Waals surface area contributed by atoms with Crippen LogP contribution in [-0.2, 0) is 22.6 Å². The maximum absolute atomic E-state index is 12.2. The highest BCUT2D eigenvalue weighted by atomic mass is 16.5. The Hall–Kier alpha value is -2.94. The van der Waals surface area contributed by atoms with Crippen molar-refractivity contribution in [2.75, 3.05) is 25.5 Å². The Morgan fingerprint density at radius 3 is 2.78 bits per heavy atom. The maximum atomic E-state index is 12.2. The Morgan fingerprint density at radius 2 is 2.07 bits per heavy atom. The molecule has 9 nitrogen and oxygen atoms in total. The summed E-state index contributed by atoms with van der Waals surface area (Å²) in [6.07, 6.45) is 1.47. The number of amides is 2. The lowest BCUT2D eigenvalue weighted by atomic mass is 9.96. The third kappa shape index (κ3) is 5.04. The molecule has 27 heavy (non-hydrogen) atoms. The third-order valence-electron chi connectivity index (χ3n) is 4.56. The molecule has 1 aliphatic heterocycles. The van der Waals surface area contributed by atoms with E-state index in [4.69, 9.17) is 15.0 Å². The minimum Gasteiger partial charge on any atom is -0.495 e. The van der Waals surface area contributed by atoms with Crippen molar-refractivity contribution in [3.8, 4) is 5.75 Å². The standard InChI is InChI=1S/C18H23N5O4/c1-26-14-5-3-2-4-13(14)20-16(24)10-15-21-17(27-22-15)11-23-8-6-12(7-9-23)18(19)25/h2-5,12H,6-11H2,1H3,(H2,19,25)(H,20,24). The van der Waals surface area contributed by atoms with E-state index in [1.165, 1.54) is 0 Å². The molecule has 1 aromatic carbocycles. The average Bonchev–Trinajstić information content (AvgIpc) is 3.09. The number of rotatable bonds is 7. The van der Waals surface area contributed by atoms with Gasteiger partial charge in [0.1, 0.15) is 5.75 Å². The van der Waals surface area contributed by atoms with Crippen molar-refractivity contribution in [3.05, 3.63) is 36.0 Å². The minimum absolute atomic E-state index is 0.00526. The van der Waals surface area contributed by atoms with Crippen LogP contribution in [0.5, 0.6) is 5.75 Å². The largest absolute Gasteiger partial charge is 0.495 e. The van der Waals surface area contributed by atoms with Crippen molar-refractivity contribution in [2.45, 2.75) is 25.8 Å². The van der Waals surface area contributed by atoms with Gasteiger partial charge in [0.15, 0.2) is 5.82 Å². The van der Waals surface area contributed by atoms with Gasteiger partial charge in [0.2, 0.25) is 17.7 Å². The summed E-state index contributed by atoms with van der Waals surface area (Å²) in [5, 5.41) is 6.65. The highest BCUT2D eigenvalue weighted by molar-refractivity contribution is 5.93. The van der Waals surface area contributed by atoms with Crippen molar-refractivity contribution < 1.29 is 18.8 Å². The predicted molar refractivity (Wildman–Crippen MR) is 96.8 cm³/mol. The number of piperidine rings is 1. The van der Waals surface area contributed by atoms with Crippen LogP contribution in [0.4, 0.5) is 5.69 Å². The second kappa shape index (κ2) is 8.63. The van der Waals surface area contributed by atoms with Gasteiger partial charge in [0.25, 0.3) is 0 Å². The lowest BCUT2D eigenvalue weighted by Crippen LogP contribution is -2.38. The average molecular weight is 373 g/mol. The zero-order valence-electron chi connectivity index (χ0n) is 15.2. The number of hydrogen-bond donors (Lipinski definition) is 2. The van der Waals surface area contributed by atoms with Crippen LogP contribution in [0.25, 0.3) is 0 Å². The smallest absolute Gasteiger partial charge is 0.240 e. The highest BCUT2D eigenvalue weighted by Crippen LogP contribution is 2.23. The summed E-state index contributed by atoms with van der Waals surface area (Å²) < 4.78 is 10.4. The molecule has 144 valence electrons. The highest BCUT2D eigenvalue weighted by Gasteiger charge is 2.24. The molecule has 0 atom stereocenters. The first-order chi connectivity index (χ1) is 13.0. The molecule has 0 bridgehead atoms. The zero-order valence-corrected chi connectivity index (χ0v) is 15.2. The number of primary amides is 1. The molecule has 9 heteroatoms. The van der Waals surface area contributed by atoms with Gasteiger partial charge in [0, 0.05) is 5.92 Å². The van der Waals surface area contributed by atoms with Crippen molar-refractivity contribution >= 4 is 17.5 Å². The fraction of sp³-hybridized carbons (Fsp3) is 0.444. The van der Waals surface area contributed by atoms with Gasteiger partial charge in [-0.3, -0.25) is 14.5 Å². The number of likely N-dealkylation sites (tertiary alicyclic amines) is 1. The van der Waals surface area contributed by atoms with Crippen molar-refractivity contribution in [1.29, 1.82) is 0 Å². The number of nitrogens with two attached hydrogens (primary N) is 1. The number of nitrogens with one attached hydrogen (secondary N) is 1. The first kappa shape index (κ1) is 18.8. The summed E-state index contributed by atoms with van der Waals surface area (Å²) in [7, 11) is 1.54. The zero-order chi connectivity index (χ0) is 19.2. The van der Waals surface area contributed by atoms with Crippen LogP contribution in [0.15, 0.2) is 28.8 Å². The van der Waals surface area contributed by atoms with E-state index in [9.17, 15) is 9.59 Å². The lowest BCUT2D eigenvalue weighted by molar-refractivity contribution is -0.123. The van der Waals surface area contributed by atoms with Gasteiger partial charge in [-0.2, -0.15) is 4.98 Å². The summed E-state index contributed by atoms with van der Waals surface area (Å²) in [4.78, 5) is 29.8. The number of carbonyl (C=O) groups is 2. The van der Waals surface area contributed by atoms with Gasteiger partial charge in [-0.1, -0.05) is 17.3 Å². The van der Waals surface area contributed by atoms with E-state index in [-0.39, 0.29) is 24.2 Å². The second-order valence-electron chi connectivity index (χ2n) is 6.48. The van der Waals surface area contributed by atoms with E-state index in [2.05, 4.69) is 20.4 Å². The number of nitrogens with zero attached hydrogens (tertiary/aromatic N) is 3. The molecule has 3 rings (SSSR count). The quantitative estimate of drug-likeness (QED) is 0.741. The Labute approximate surface area is 156 Å². The fourth-order valence-electron chi connectivity index (χ4n) is 3.08.